The third-order valence-corrected chi connectivity index (χ3v) is 17.7. The molecule has 22 heteroatoms. The summed E-state index contributed by atoms with van der Waals surface area (Å²) in [4.78, 5) is 145. The first-order valence-electron chi connectivity index (χ1n) is 38.9. The summed E-state index contributed by atoms with van der Waals surface area (Å²) in [6.07, 6.45) is 24.3. The van der Waals surface area contributed by atoms with Crippen molar-refractivity contribution >= 4 is 137 Å². The van der Waals surface area contributed by atoms with E-state index in [-0.39, 0.29) is 116 Å². The van der Waals surface area contributed by atoms with E-state index >= 15 is 0 Å². The molecule has 9 aromatic carbocycles. The van der Waals surface area contributed by atoms with E-state index in [9.17, 15) is 67.4 Å². The zero-order valence-electron chi connectivity index (χ0n) is 73.4. The van der Waals surface area contributed by atoms with Crippen LogP contribution in [-0.4, -0.2) is 130 Å². The molecule has 0 aliphatic carbocycles. The number of rotatable bonds is 33. The second-order valence-electron chi connectivity index (χ2n) is 26.8. The number of aryl methyl sites for hydroxylation is 1. The van der Waals surface area contributed by atoms with Crippen LogP contribution in [-0.2, 0) is 14.2 Å². The van der Waals surface area contributed by atoms with E-state index in [2.05, 4.69) is 57.4 Å². The third-order valence-electron chi connectivity index (χ3n) is 17.7. The molecule has 0 unspecified atom stereocenters. The lowest BCUT2D eigenvalue weighted by Gasteiger charge is -2.15. The lowest BCUT2D eigenvalue weighted by molar-refractivity contribution is 0.0134. The molecule has 9 aromatic rings. The number of aromatic carboxylic acids is 4. The number of carboxylic acids is 4. The van der Waals surface area contributed by atoms with Crippen LogP contribution in [0.3, 0.4) is 0 Å². The zero-order valence-corrected chi connectivity index (χ0v) is 73.4. The number of benzene rings is 9. The number of hydrogen-bond acceptors (Lipinski definition) is 18. The number of Topliss-reactive ketones (excluding diaryl/α,β-unsaturated/α-hetero) is 8. The van der Waals surface area contributed by atoms with Crippen molar-refractivity contribution in [1.82, 2.24) is 0 Å². The van der Waals surface area contributed by atoms with E-state index in [0.29, 0.717) is 41.0 Å². The lowest BCUT2D eigenvalue weighted by atomic mass is 9.96. The molecule has 22 nitrogen and oxygen atoms in total. The Labute approximate surface area is 741 Å². The normalized spacial score (nSPS) is 9.98. The number of esters is 1. The number of ether oxygens (including phenoxy) is 5. The molecule has 0 heterocycles. The Hall–Kier alpha value is -15.7. The van der Waals surface area contributed by atoms with Crippen LogP contribution < -0.4 is 9.47 Å². The summed E-state index contributed by atoms with van der Waals surface area (Å²) in [6, 6.07) is 48.1. The Morgan fingerprint density at radius 1 is 0.299 bits per heavy atom. The van der Waals surface area contributed by atoms with E-state index in [1.807, 2.05) is 124 Å². The summed E-state index contributed by atoms with van der Waals surface area (Å²) in [5.74, 6) is -5.76. The number of methoxy groups -OCH3 is 1. The Bertz CT molecular complexity index is 5540. The molecule has 0 spiro atoms. The molecule has 0 bridgehead atoms. The van der Waals surface area contributed by atoms with Gasteiger partial charge in [-0.3, -0.25) is 38.4 Å². The Morgan fingerprint density at radius 3 is 1.00 bits per heavy atom. The van der Waals surface area contributed by atoms with E-state index in [1.165, 1.54) is 96.3 Å². The second-order valence-corrected chi connectivity index (χ2v) is 26.8. The number of hydrogen-bond donors (Lipinski definition) is 4. The van der Waals surface area contributed by atoms with Crippen molar-refractivity contribution in [3.8, 4) is 11.5 Å². The summed E-state index contributed by atoms with van der Waals surface area (Å²) in [5.41, 5.74) is 13.2. The van der Waals surface area contributed by atoms with E-state index in [4.69, 9.17) is 34.3 Å². The largest absolute Gasteiger partial charge is 0.478 e. The van der Waals surface area contributed by atoms with Gasteiger partial charge in [0, 0.05) is 44.5 Å². The van der Waals surface area contributed by atoms with Crippen LogP contribution in [0.1, 0.15) is 265 Å². The van der Waals surface area contributed by atoms with Crippen molar-refractivity contribution in [2.24, 2.45) is 0 Å². The van der Waals surface area contributed by atoms with Gasteiger partial charge in [0.15, 0.2) is 71.4 Å². The molecule has 0 aromatic heterocycles. The maximum Gasteiger partial charge on any atom is 0.338 e. The van der Waals surface area contributed by atoms with Gasteiger partial charge in [-0.2, -0.15) is 0 Å². The number of carbonyl (C=O) groups excluding carboxylic acids is 9. The van der Waals surface area contributed by atoms with Gasteiger partial charge in [0.2, 0.25) is 0 Å². The molecular weight excluding hydrogens is 1610 g/mol. The van der Waals surface area contributed by atoms with Gasteiger partial charge in [0.1, 0.15) is 0 Å². The van der Waals surface area contributed by atoms with E-state index in [0.717, 1.165) is 55.6 Å². The summed E-state index contributed by atoms with van der Waals surface area (Å²) in [6.45, 7) is 46.7. The molecule has 127 heavy (non-hydrogen) atoms. The first-order valence-corrected chi connectivity index (χ1v) is 38.9. The fraction of sp³-hybridized carbons (Fsp3) is 0.152. The Morgan fingerprint density at radius 2 is 0.622 bits per heavy atom. The standard InChI is InChI=1S/C19H24O7.C17H14O3.C13H12O3.C12H12O3.C12H12O.C11H10O3.C11H12O.C10H10O/c1-4-6-8-23-12-25-17-10-15(14(3)20)16(19(21)22)11-18(17)26-13-24-9-7-5-2;1-12(18)15-10-9-14(11-16(15)17(19)20)8-7-13-5-3-2-4-6-13;1-4-9-6-11(8(3)14)12(13(15)16)7-10(9)5-2;1-4-9-5-6-10(8(2)13)11(7-9)12(14)15-3;1-4-10-6-7-12(9(3)13)8-11(10)5-2;1-3-8-4-5-9(7(2)12)10(6-8)11(13)14;1-4-10-5-6-11(9(3)12)7-8(10)2;1-3-9-4-6-10(7-5-9)8(2)11/h4-7,10-11H,8-9,12-13H2,1-3H3,(H,21,22);2-11H,1H3,(H,19,20);4-7H,1-2H2,3H3,(H,15,16);4-7H,1H2,2-3H3;4-8H,1-2H2,3H3;3-6H,1H2,2H3,(H,13,14);4-7H,1H2,2-3H3;3-7H,1H2,2H3. The molecule has 0 radical (unpaired) electrons. The zero-order chi connectivity index (χ0) is 95.6. The summed E-state index contributed by atoms with van der Waals surface area (Å²) in [7, 11) is 1.28. The van der Waals surface area contributed by atoms with Crippen molar-refractivity contribution in [1.29, 1.82) is 0 Å². The molecule has 0 aliphatic heterocycles. The van der Waals surface area contributed by atoms with Crippen molar-refractivity contribution in [2.45, 2.75) is 76.2 Å². The third kappa shape index (κ3) is 36.5. The van der Waals surface area contributed by atoms with Gasteiger partial charge in [0.25, 0.3) is 0 Å². The van der Waals surface area contributed by atoms with Crippen LogP contribution in [0.15, 0.2) is 247 Å². The first-order chi connectivity index (χ1) is 60.3. The van der Waals surface area contributed by atoms with Gasteiger partial charge >= 0.3 is 29.8 Å². The maximum atomic E-state index is 11.7. The van der Waals surface area contributed by atoms with Gasteiger partial charge in [0.05, 0.1) is 48.1 Å². The second kappa shape index (κ2) is 56.8. The highest BCUT2D eigenvalue weighted by atomic mass is 16.7. The minimum atomic E-state index is -1.23. The quantitative estimate of drug-likeness (QED) is 0.00741. The average Bonchev–Trinajstić information content (AvgIpc) is 0.809. The monoisotopic (exact) mass is 1720 g/mol. The maximum absolute atomic E-state index is 11.7. The predicted molar refractivity (Wildman–Crippen MR) is 504 cm³/mol. The van der Waals surface area contributed by atoms with Crippen molar-refractivity contribution in [3.63, 3.8) is 0 Å². The molecule has 9 rings (SSSR count). The van der Waals surface area contributed by atoms with Crippen LogP contribution in [0.2, 0.25) is 0 Å². The predicted octanol–water partition coefficient (Wildman–Crippen LogP) is 23.2. The molecule has 0 amide bonds. The highest BCUT2D eigenvalue weighted by Gasteiger charge is 2.22. The highest BCUT2D eigenvalue weighted by Crippen LogP contribution is 2.33. The summed E-state index contributed by atoms with van der Waals surface area (Å²) >= 11 is 0. The van der Waals surface area contributed by atoms with Crippen molar-refractivity contribution in [2.75, 3.05) is 33.9 Å². The van der Waals surface area contributed by atoms with Gasteiger partial charge < -0.3 is 44.1 Å². The SMILES string of the molecule is C=Cc1cc(C(C)=O)c(C(=O)O)cc1C=C.C=Cc1ccc(C(C)=O)c(C(=O)O)c1.C=Cc1ccc(C(C)=O)c(C(=O)OC)c1.C=Cc1ccc(C(C)=O)cc1.C=Cc1ccc(C(C)=O)cc1C.C=Cc1ccc(C(C)=O)cc1C=C.CC(=O)c1ccc(C=Cc2ccccc2)cc1C(=O)O.CC=CCOCOc1cc(C(C)=O)c(C(=O)O)cc1OCOCC=CC. The topological polar surface area (TPSA) is 349 Å². The van der Waals surface area contributed by atoms with Crippen LogP contribution in [0.4, 0.5) is 0 Å². The molecule has 0 saturated carbocycles. The number of carboxylic acid groups (broad SMARTS) is 4. The average molecular weight is 1720 g/mol. The number of allylic oxidation sites excluding steroid dienone is 2. The van der Waals surface area contributed by atoms with E-state index in [1.54, 1.807) is 118 Å². The fourth-order valence-electron chi connectivity index (χ4n) is 10.8. The Balaban J connectivity index is 0.000000499. The summed E-state index contributed by atoms with van der Waals surface area (Å²) < 4.78 is 26.1. The molecule has 658 valence electrons. The van der Waals surface area contributed by atoms with Crippen molar-refractivity contribution < 1.29 is 106 Å². The minimum Gasteiger partial charge on any atom is -0.478 e. The molecule has 0 atom stereocenters. The number of ketones is 8. The van der Waals surface area contributed by atoms with Gasteiger partial charge in [-0.1, -0.05) is 235 Å². The van der Waals surface area contributed by atoms with Crippen LogP contribution in [0, 0.1) is 6.92 Å². The van der Waals surface area contributed by atoms with Gasteiger partial charge in [-0.15, -0.1) is 0 Å². The van der Waals surface area contributed by atoms with E-state index < -0.39 is 35.6 Å². The molecule has 0 fully saturated rings. The molecule has 0 aliphatic rings. The fourth-order valence-corrected chi connectivity index (χ4v) is 10.8. The highest BCUT2D eigenvalue weighted by molar-refractivity contribution is 6.09. The van der Waals surface area contributed by atoms with Crippen LogP contribution >= 0.6 is 0 Å². The van der Waals surface area contributed by atoms with Gasteiger partial charge in [-0.25, -0.2) is 24.0 Å². The minimum absolute atomic E-state index is 0.00648. The van der Waals surface area contributed by atoms with Crippen molar-refractivity contribution in [3.05, 3.63) is 380 Å². The Kier molecular flexibility index (Phi) is 48.1. The smallest absolute Gasteiger partial charge is 0.338 e. The molecule has 4 N–H and O–H groups in total. The lowest BCUT2D eigenvalue weighted by Crippen LogP contribution is -2.11. The molecule has 0 saturated heterocycles. The van der Waals surface area contributed by atoms with Crippen LogP contribution in [0.5, 0.6) is 11.5 Å². The number of carbonyl (C=O) groups is 13. The van der Waals surface area contributed by atoms with Gasteiger partial charge in [-0.05, 0) is 210 Å². The first kappa shape index (κ1) is 107. The molecular formula is C105H106O22. The summed E-state index contributed by atoms with van der Waals surface area (Å²) in [5, 5.41) is 36.3. The van der Waals surface area contributed by atoms with Crippen LogP contribution in [0.25, 0.3) is 60.8 Å².